The molecule has 0 aromatic heterocycles. The largest absolute Gasteiger partial charge is 0.366 e. The smallest absolute Gasteiger partial charge is 0.169 e. The molecule has 21 heavy (non-hydrogen) atoms. The minimum Gasteiger partial charge on any atom is -0.366 e. The molecule has 0 radical (unpaired) electrons. The Morgan fingerprint density at radius 2 is 2.00 bits per heavy atom. The van der Waals surface area contributed by atoms with Crippen molar-refractivity contribution in [3.05, 3.63) is 71.0 Å². The summed E-state index contributed by atoms with van der Waals surface area (Å²) in [5, 5.41) is 11.3. The van der Waals surface area contributed by atoms with Crippen LogP contribution in [-0.4, -0.2) is 28.9 Å². The number of fused-ring (bicyclic) bond motifs is 3. The lowest BCUT2D eigenvalue weighted by Crippen LogP contribution is -2.53. The highest BCUT2D eigenvalue weighted by Gasteiger charge is 2.44. The van der Waals surface area contributed by atoms with E-state index in [4.69, 9.17) is 0 Å². The van der Waals surface area contributed by atoms with Gasteiger partial charge in [0.15, 0.2) is 5.72 Å². The highest BCUT2D eigenvalue weighted by Crippen LogP contribution is 2.38. The Balaban J connectivity index is 1.90. The molecule has 106 valence electrons. The first kappa shape index (κ1) is 12.5. The molecule has 4 rings (SSSR count). The highest BCUT2D eigenvalue weighted by atomic mass is 19.1. The van der Waals surface area contributed by atoms with E-state index >= 15 is 0 Å². The number of hydrogen-bond acceptors (Lipinski definition) is 3. The van der Waals surface area contributed by atoms with E-state index in [0.29, 0.717) is 25.1 Å². The Labute approximate surface area is 122 Å². The van der Waals surface area contributed by atoms with Gasteiger partial charge in [-0.05, 0) is 17.7 Å². The lowest BCUT2D eigenvalue weighted by molar-refractivity contribution is -0.0747. The average molecular weight is 282 g/mol. The van der Waals surface area contributed by atoms with E-state index in [1.54, 1.807) is 12.1 Å². The van der Waals surface area contributed by atoms with Crippen LogP contribution >= 0.6 is 0 Å². The second-order valence-corrected chi connectivity index (χ2v) is 5.52. The van der Waals surface area contributed by atoms with E-state index < -0.39 is 5.72 Å². The fraction of sp³-hybridized carbons (Fsp3) is 0.235. The van der Waals surface area contributed by atoms with Crippen LogP contribution in [0.15, 0.2) is 53.5 Å². The van der Waals surface area contributed by atoms with Gasteiger partial charge in [-0.1, -0.05) is 36.4 Å². The molecule has 0 unspecified atom stereocenters. The summed E-state index contributed by atoms with van der Waals surface area (Å²) in [4.78, 5) is 6.42. The molecule has 0 aliphatic carbocycles. The van der Waals surface area contributed by atoms with Gasteiger partial charge in [-0.2, -0.15) is 0 Å². The zero-order valence-electron chi connectivity index (χ0n) is 11.5. The second-order valence-electron chi connectivity index (χ2n) is 5.52. The molecule has 2 aliphatic heterocycles. The van der Waals surface area contributed by atoms with E-state index in [1.165, 1.54) is 12.1 Å². The lowest BCUT2D eigenvalue weighted by atomic mass is 9.86. The summed E-state index contributed by atoms with van der Waals surface area (Å²) in [7, 11) is 0. The molecule has 0 spiro atoms. The van der Waals surface area contributed by atoms with Gasteiger partial charge in [0, 0.05) is 24.1 Å². The van der Waals surface area contributed by atoms with Crippen LogP contribution in [0.2, 0.25) is 0 Å². The maximum Gasteiger partial charge on any atom is 0.169 e. The molecule has 2 aromatic carbocycles. The van der Waals surface area contributed by atoms with Crippen molar-refractivity contribution in [3.8, 4) is 0 Å². The second kappa shape index (κ2) is 4.40. The first-order valence-electron chi connectivity index (χ1n) is 7.07. The Hall–Kier alpha value is -2.20. The molecule has 2 aromatic rings. The normalized spacial score (nSPS) is 23.5. The van der Waals surface area contributed by atoms with Crippen molar-refractivity contribution in [1.82, 2.24) is 4.90 Å². The zero-order valence-corrected chi connectivity index (χ0v) is 11.5. The van der Waals surface area contributed by atoms with Gasteiger partial charge < -0.3 is 10.0 Å². The number of halogens is 1. The summed E-state index contributed by atoms with van der Waals surface area (Å²) in [6, 6.07) is 14.2. The lowest BCUT2D eigenvalue weighted by Gasteiger charge is -2.43. The van der Waals surface area contributed by atoms with Crippen LogP contribution in [0.3, 0.4) is 0 Å². The fourth-order valence-electron chi connectivity index (χ4n) is 3.29. The van der Waals surface area contributed by atoms with Crippen molar-refractivity contribution < 1.29 is 9.50 Å². The monoisotopic (exact) mass is 282 g/mol. The minimum atomic E-state index is -1.23. The Morgan fingerprint density at radius 3 is 2.86 bits per heavy atom. The van der Waals surface area contributed by atoms with Crippen LogP contribution in [-0.2, 0) is 12.1 Å². The number of aliphatic hydroxyl groups is 1. The fourth-order valence-corrected chi connectivity index (χ4v) is 3.29. The number of nitrogens with zero attached hydrogens (tertiary/aromatic N) is 2. The van der Waals surface area contributed by atoms with Crippen molar-refractivity contribution in [1.29, 1.82) is 0 Å². The van der Waals surface area contributed by atoms with Crippen molar-refractivity contribution in [2.75, 3.05) is 13.1 Å². The highest BCUT2D eigenvalue weighted by molar-refractivity contribution is 6.02. The molecular weight excluding hydrogens is 267 g/mol. The van der Waals surface area contributed by atoms with Gasteiger partial charge in [0.1, 0.15) is 11.7 Å². The van der Waals surface area contributed by atoms with Gasteiger partial charge in [0.2, 0.25) is 0 Å². The van der Waals surface area contributed by atoms with E-state index in [2.05, 4.69) is 4.99 Å². The summed E-state index contributed by atoms with van der Waals surface area (Å²) in [6.07, 6.45) is 0.436. The van der Waals surface area contributed by atoms with Crippen LogP contribution in [0.1, 0.15) is 16.7 Å². The molecule has 0 fully saturated rings. The van der Waals surface area contributed by atoms with Gasteiger partial charge >= 0.3 is 0 Å². The maximum absolute atomic E-state index is 13.6. The summed E-state index contributed by atoms with van der Waals surface area (Å²) in [5.41, 5.74) is 1.45. The predicted molar refractivity (Wildman–Crippen MR) is 78.6 cm³/mol. The maximum atomic E-state index is 13.6. The Bertz CT molecular complexity index is 743. The van der Waals surface area contributed by atoms with E-state index in [0.717, 1.165) is 17.0 Å². The molecule has 0 saturated heterocycles. The third kappa shape index (κ3) is 1.79. The standard InChI is InChI=1S/C17H15FN2O/c18-14-6-3-5-13(10-14)17(21)11-12-4-1-2-7-15(12)16-19-8-9-20(16)17/h1-7,10,21H,8-9,11H2/t17-/m0/s1. The molecule has 3 nitrogen and oxygen atoms in total. The topological polar surface area (TPSA) is 35.8 Å². The zero-order chi connectivity index (χ0) is 14.4. The number of hydrogen-bond donors (Lipinski definition) is 1. The molecular formula is C17H15FN2O. The van der Waals surface area contributed by atoms with Crippen LogP contribution in [0.5, 0.6) is 0 Å². The molecule has 0 saturated carbocycles. The average Bonchev–Trinajstić information content (AvgIpc) is 2.98. The van der Waals surface area contributed by atoms with Crippen LogP contribution in [0.25, 0.3) is 0 Å². The number of aliphatic imine (C=N–C) groups is 1. The number of rotatable bonds is 1. The number of benzene rings is 2. The van der Waals surface area contributed by atoms with E-state index in [-0.39, 0.29) is 5.82 Å². The molecule has 1 N–H and O–H groups in total. The molecule has 2 heterocycles. The summed E-state index contributed by atoms with van der Waals surface area (Å²) >= 11 is 0. The van der Waals surface area contributed by atoms with E-state index in [1.807, 2.05) is 29.2 Å². The summed E-state index contributed by atoms with van der Waals surface area (Å²) < 4.78 is 13.6. The first-order valence-corrected chi connectivity index (χ1v) is 7.07. The van der Waals surface area contributed by atoms with Gasteiger partial charge in [0.05, 0.1) is 6.54 Å². The first-order chi connectivity index (χ1) is 10.2. The third-order valence-corrected chi connectivity index (χ3v) is 4.27. The van der Waals surface area contributed by atoms with Gasteiger partial charge in [-0.15, -0.1) is 0 Å². The minimum absolute atomic E-state index is 0.336. The van der Waals surface area contributed by atoms with Gasteiger partial charge in [0.25, 0.3) is 0 Å². The quantitative estimate of drug-likeness (QED) is 0.871. The van der Waals surface area contributed by atoms with Crippen LogP contribution in [0, 0.1) is 5.82 Å². The molecule has 2 aliphatic rings. The molecule has 1 atom stereocenters. The van der Waals surface area contributed by atoms with Gasteiger partial charge in [-0.25, -0.2) is 4.39 Å². The third-order valence-electron chi connectivity index (χ3n) is 4.27. The van der Waals surface area contributed by atoms with Crippen molar-refractivity contribution in [2.45, 2.75) is 12.1 Å². The van der Waals surface area contributed by atoms with Crippen molar-refractivity contribution in [3.63, 3.8) is 0 Å². The Kier molecular flexibility index (Phi) is 2.62. The Morgan fingerprint density at radius 1 is 1.14 bits per heavy atom. The van der Waals surface area contributed by atoms with Gasteiger partial charge in [-0.3, -0.25) is 4.99 Å². The predicted octanol–water partition coefficient (Wildman–Crippen LogP) is 2.29. The van der Waals surface area contributed by atoms with Crippen molar-refractivity contribution in [2.24, 2.45) is 4.99 Å². The molecule has 4 heteroatoms. The van der Waals surface area contributed by atoms with Crippen LogP contribution < -0.4 is 0 Å². The number of amidine groups is 1. The molecule has 0 amide bonds. The molecule has 0 bridgehead atoms. The van der Waals surface area contributed by atoms with Crippen molar-refractivity contribution >= 4 is 5.84 Å². The van der Waals surface area contributed by atoms with Crippen LogP contribution in [0.4, 0.5) is 4.39 Å². The summed E-state index contributed by atoms with van der Waals surface area (Å²) in [5.74, 6) is 0.473. The summed E-state index contributed by atoms with van der Waals surface area (Å²) in [6.45, 7) is 1.30. The SMILES string of the molecule is O[C@]1(c2cccc(F)c2)Cc2ccccc2C2=NCCN21. The van der Waals surface area contributed by atoms with E-state index in [9.17, 15) is 9.50 Å².